The molecule has 0 bridgehead atoms. The fraction of sp³-hybridized carbons (Fsp3) is 0.526. The smallest absolute Gasteiger partial charge is 0.793 e. The second-order valence-electron chi connectivity index (χ2n) is 6.54. The van der Waals surface area contributed by atoms with Crippen molar-refractivity contribution in [3.05, 3.63) is 62.9 Å². The van der Waals surface area contributed by atoms with Gasteiger partial charge in [-0.25, -0.2) is 15.3 Å². The molecule has 8 nitrogen and oxygen atoms in total. The molecule has 31 heavy (non-hydrogen) atoms. The second kappa shape index (κ2) is 16.3. The molecule has 0 aromatic carbocycles. The maximum atomic E-state index is 7.25. The van der Waals surface area contributed by atoms with Gasteiger partial charge in [0.05, 0.1) is 17.1 Å². The van der Waals surface area contributed by atoms with Crippen LogP contribution in [0, 0.1) is 46.4 Å². The van der Waals surface area contributed by atoms with Gasteiger partial charge >= 0.3 is 21.1 Å². The van der Waals surface area contributed by atoms with Gasteiger partial charge in [-0.15, -0.1) is 0 Å². The van der Waals surface area contributed by atoms with Crippen molar-refractivity contribution in [3.63, 3.8) is 0 Å². The number of aryl methyl sites for hydroxylation is 6. The van der Waals surface area contributed by atoms with Crippen molar-refractivity contribution in [2.24, 2.45) is 0 Å². The Bertz CT molecular complexity index is 786. The van der Waals surface area contributed by atoms with Gasteiger partial charge in [0.2, 0.25) is 0 Å². The molecule has 0 aliphatic rings. The van der Waals surface area contributed by atoms with Crippen LogP contribution in [0.15, 0.2) is 18.2 Å². The molecular formula is C19H31BMoN7OS2. The fourth-order valence-corrected chi connectivity index (χ4v) is 2.95. The van der Waals surface area contributed by atoms with Gasteiger partial charge in [0.25, 0.3) is 7.12 Å². The van der Waals surface area contributed by atoms with Gasteiger partial charge in [0.1, 0.15) is 0 Å². The molecule has 3 rings (SSSR count). The van der Waals surface area contributed by atoms with E-state index in [4.69, 9.17) is 10.5 Å². The van der Waals surface area contributed by atoms with E-state index in [2.05, 4.69) is 79.5 Å². The summed E-state index contributed by atoms with van der Waals surface area (Å²) in [6.07, 6.45) is 0. The molecule has 12 heteroatoms. The van der Waals surface area contributed by atoms with Crippen LogP contribution >= 0.6 is 0 Å². The number of nitroso groups, excluding NO2 is 1. The average Bonchev–Trinajstić information content (AvgIpc) is 3.29. The molecular weight excluding hydrogens is 513 g/mol. The zero-order valence-corrected chi connectivity index (χ0v) is 23.1. The first-order chi connectivity index (χ1) is 14.2. The molecule has 0 atom stereocenters. The Morgan fingerprint density at radius 3 is 1.03 bits per heavy atom. The van der Waals surface area contributed by atoms with Gasteiger partial charge in [0.15, 0.2) is 0 Å². The molecule has 3 heterocycles. The number of nitrogens with zero attached hydrogens (tertiary/aromatic N) is 7. The SMILES string of the molecule is CC[S-].CC[S-].Cc1cc(C)n([B-](n2nc(C)cc2C)n2nc(C)cc2C)n1.[Mo+4].[N-]=O. The standard InChI is InChI=1S/C15H21BN6.2C2H6S.Mo.NO/c1-10-7-13(4)20(17-10)16(21-14(5)8-11(2)18-21)22-15(6)9-12(3)19-22;2*1-2-3;;1-2/h7-9H,1-6H3;2*3H,2H2,1H3;;/q-1;;;+4;-1/p-2. The molecule has 0 amide bonds. The van der Waals surface area contributed by atoms with E-state index in [-0.39, 0.29) is 28.2 Å². The molecule has 169 valence electrons. The Labute approximate surface area is 211 Å². The van der Waals surface area contributed by atoms with E-state index >= 15 is 0 Å². The van der Waals surface area contributed by atoms with E-state index in [1.807, 2.05) is 48.4 Å². The van der Waals surface area contributed by atoms with E-state index in [9.17, 15) is 0 Å². The van der Waals surface area contributed by atoms with Gasteiger partial charge in [0, 0.05) is 0 Å². The number of aromatic nitrogens is 6. The minimum atomic E-state index is -0.226. The van der Waals surface area contributed by atoms with Crippen molar-refractivity contribution in [2.45, 2.75) is 55.4 Å². The van der Waals surface area contributed by atoms with Crippen molar-refractivity contribution in [1.82, 2.24) is 29.1 Å². The van der Waals surface area contributed by atoms with E-state index in [1.54, 1.807) is 0 Å². The molecule has 0 spiro atoms. The summed E-state index contributed by atoms with van der Waals surface area (Å²) in [4.78, 5) is 7.25. The van der Waals surface area contributed by atoms with Crippen LogP contribution in [0.5, 0.6) is 0 Å². The minimum absolute atomic E-state index is 0. The van der Waals surface area contributed by atoms with Gasteiger partial charge in [-0.05, 0) is 76.8 Å². The largest absolute Gasteiger partial charge is 4.00 e. The Balaban J connectivity index is 0. The maximum absolute atomic E-state index is 7.25. The Kier molecular flexibility index (Phi) is 16.8. The number of hydrogen-bond donors (Lipinski definition) is 0. The number of hydrogen-bond acceptors (Lipinski definition) is 6. The topological polar surface area (TPSA) is 92.8 Å². The summed E-state index contributed by atoms with van der Waals surface area (Å²) < 4.78 is 5.94. The first-order valence-corrected chi connectivity index (χ1v) is 10.8. The van der Waals surface area contributed by atoms with Gasteiger partial charge in [-0.1, -0.05) is 13.8 Å². The van der Waals surface area contributed by atoms with Crippen molar-refractivity contribution in [1.29, 1.82) is 0 Å². The van der Waals surface area contributed by atoms with Crippen LogP contribution in [0.2, 0.25) is 0 Å². The molecule has 0 saturated heterocycles. The van der Waals surface area contributed by atoms with Crippen LogP contribution in [0.1, 0.15) is 48.0 Å². The third-order valence-electron chi connectivity index (χ3n) is 3.79. The van der Waals surface area contributed by atoms with Crippen LogP contribution in [-0.2, 0) is 46.3 Å². The zero-order valence-electron chi connectivity index (χ0n) is 19.5. The van der Waals surface area contributed by atoms with Crippen molar-refractivity contribution in [2.75, 3.05) is 11.5 Å². The fourth-order valence-electron chi connectivity index (χ4n) is 2.95. The zero-order chi connectivity index (χ0) is 23.4. The first kappa shape index (κ1) is 31.9. The summed E-state index contributed by atoms with van der Waals surface area (Å²) in [6.45, 7) is 16.1. The molecule has 0 N–H and O–H groups in total. The van der Waals surface area contributed by atoms with Gasteiger partial charge in [-0.2, -0.15) is 11.5 Å². The molecule has 0 fully saturated rings. The molecule has 3 aromatic rings. The number of rotatable bonds is 3. The monoisotopic (exact) mass is 546 g/mol. The Morgan fingerprint density at radius 2 is 0.903 bits per heavy atom. The van der Waals surface area contributed by atoms with Crippen molar-refractivity contribution in [3.8, 4) is 0 Å². The molecule has 0 aliphatic heterocycles. The maximum Gasteiger partial charge on any atom is 4.00 e. The predicted molar refractivity (Wildman–Crippen MR) is 130 cm³/mol. The minimum Gasteiger partial charge on any atom is -0.793 e. The third kappa shape index (κ3) is 9.37. The average molecular weight is 544 g/mol. The van der Waals surface area contributed by atoms with Crippen LogP contribution < -0.4 is 0 Å². The molecule has 0 unspecified atom stereocenters. The molecule has 3 aromatic heterocycles. The van der Waals surface area contributed by atoms with Crippen LogP contribution in [-0.4, -0.2) is 47.7 Å². The summed E-state index contributed by atoms with van der Waals surface area (Å²) in [7, 11) is -0.226. The van der Waals surface area contributed by atoms with Gasteiger partial charge < -0.3 is 49.5 Å². The van der Waals surface area contributed by atoms with E-state index in [0.717, 1.165) is 45.7 Å². The van der Waals surface area contributed by atoms with Crippen LogP contribution in [0.25, 0.3) is 5.59 Å². The summed E-state index contributed by atoms with van der Waals surface area (Å²) in [5, 5.41) is 14.0. The quantitative estimate of drug-likeness (QED) is 0.371. The van der Waals surface area contributed by atoms with E-state index < -0.39 is 0 Å². The predicted octanol–water partition coefficient (Wildman–Crippen LogP) is 3.48. The molecule has 0 saturated carbocycles. The molecule has 0 aliphatic carbocycles. The van der Waals surface area contributed by atoms with E-state index in [1.165, 1.54) is 0 Å². The second-order valence-corrected chi connectivity index (χ2v) is 7.69. The summed E-state index contributed by atoms with van der Waals surface area (Å²) in [5.74, 6) is 1.67. The summed E-state index contributed by atoms with van der Waals surface area (Å²) in [5.41, 5.74) is 12.0. The third-order valence-corrected chi connectivity index (χ3v) is 3.79. The van der Waals surface area contributed by atoms with Gasteiger partial charge in [-0.3, -0.25) is 0 Å². The van der Waals surface area contributed by atoms with Crippen LogP contribution in [0.3, 0.4) is 0 Å². The molecule has 1 radical (unpaired) electrons. The van der Waals surface area contributed by atoms with E-state index in [0.29, 0.717) is 0 Å². The normalized spacial score (nSPS) is 9.52. The van der Waals surface area contributed by atoms with Crippen LogP contribution in [0.4, 0.5) is 0 Å². The first-order valence-electron chi connectivity index (χ1n) is 9.62. The summed E-state index contributed by atoms with van der Waals surface area (Å²) in [6, 6.07) is 6.22. The Hall–Kier alpha value is -1.32. The van der Waals surface area contributed by atoms with Crippen molar-refractivity contribution >= 4 is 32.4 Å². The van der Waals surface area contributed by atoms with Crippen molar-refractivity contribution < 1.29 is 21.1 Å². The summed E-state index contributed by atoms with van der Waals surface area (Å²) >= 11 is 8.79. The Morgan fingerprint density at radius 1 is 0.710 bits per heavy atom.